The lowest BCUT2D eigenvalue weighted by atomic mass is 10.1. The fourth-order valence-corrected chi connectivity index (χ4v) is 2.64. The molecular weight excluding hydrogens is 224 g/mol. The zero-order valence-electron chi connectivity index (χ0n) is 11.4. The van der Waals surface area contributed by atoms with E-state index in [2.05, 4.69) is 48.3 Å². The molecule has 18 heavy (non-hydrogen) atoms. The van der Waals surface area contributed by atoms with Crippen molar-refractivity contribution in [1.82, 2.24) is 5.32 Å². The van der Waals surface area contributed by atoms with Crippen LogP contribution in [0.15, 0.2) is 24.3 Å². The molecule has 0 aromatic heterocycles. The number of nitrogens with one attached hydrogen (secondary N) is 1. The molecule has 0 radical (unpaired) electrons. The van der Waals surface area contributed by atoms with E-state index in [0.29, 0.717) is 6.04 Å². The molecule has 0 amide bonds. The number of para-hydroxylation sites is 1. The van der Waals surface area contributed by atoms with E-state index in [9.17, 15) is 5.11 Å². The molecule has 1 aromatic rings. The largest absolute Gasteiger partial charge is 0.394 e. The average Bonchev–Trinajstić information content (AvgIpc) is 2.60. The normalized spacial score (nSPS) is 24.9. The van der Waals surface area contributed by atoms with E-state index in [-0.39, 0.29) is 12.6 Å². The summed E-state index contributed by atoms with van der Waals surface area (Å²) in [5.74, 6) is 0. The van der Waals surface area contributed by atoms with Crippen LogP contribution in [0.1, 0.15) is 25.8 Å². The summed E-state index contributed by atoms with van der Waals surface area (Å²) in [6, 6.07) is 9.25. The van der Waals surface area contributed by atoms with E-state index in [4.69, 9.17) is 0 Å². The molecule has 0 spiro atoms. The Kier molecular flexibility index (Phi) is 4.61. The molecule has 2 rings (SSSR count). The first-order chi connectivity index (χ1) is 8.76. The lowest BCUT2D eigenvalue weighted by molar-refractivity contribution is 0.259. The second-order valence-corrected chi connectivity index (χ2v) is 5.11. The van der Waals surface area contributed by atoms with Crippen LogP contribution in [0.2, 0.25) is 0 Å². The number of rotatable bonds is 3. The number of aryl methyl sites for hydroxylation is 1. The molecule has 1 fully saturated rings. The monoisotopic (exact) mass is 248 g/mol. The van der Waals surface area contributed by atoms with Crippen LogP contribution in [0.4, 0.5) is 5.69 Å². The highest BCUT2D eigenvalue weighted by Gasteiger charge is 2.23. The van der Waals surface area contributed by atoms with Gasteiger partial charge >= 0.3 is 0 Å². The van der Waals surface area contributed by atoms with Gasteiger partial charge in [-0.1, -0.05) is 25.1 Å². The lowest BCUT2D eigenvalue weighted by Crippen LogP contribution is -2.43. The van der Waals surface area contributed by atoms with Crippen molar-refractivity contribution in [3.8, 4) is 0 Å². The molecule has 2 atom stereocenters. The zero-order chi connectivity index (χ0) is 13.0. The highest BCUT2D eigenvalue weighted by atomic mass is 16.3. The minimum Gasteiger partial charge on any atom is -0.394 e. The van der Waals surface area contributed by atoms with Crippen molar-refractivity contribution in [2.24, 2.45) is 0 Å². The van der Waals surface area contributed by atoms with E-state index in [0.717, 1.165) is 25.9 Å². The number of hydrogen-bond acceptors (Lipinski definition) is 3. The van der Waals surface area contributed by atoms with Gasteiger partial charge in [-0.3, -0.25) is 0 Å². The first kappa shape index (κ1) is 13.4. The number of hydrogen-bond donors (Lipinski definition) is 2. The van der Waals surface area contributed by atoms with Crippen LogP contribution in [-0.2, 0) is 6.42 Å². The van der Waals surface area contributed by atoms with Gasteiger partial charge in [0.1, 0.15) is 0 Å². The van der Waals surface area contributed by atoms with Crippen LogP contribution in [-0.4, -0.2) is 36.9 Å². The Hall–Kier alpha value is -1.06. The maximum atomic E-state index is 9.62. The summed E-state index contributed by atoms with van der Waals surface area (Å²) in [5.41, 5.74) is 2.65. The molecule has 0 bridgehead atoms. The number of nitrogens with zero attached hydrogens (tertiary/aromatic N) is 1. The van der Waals surface area contributed by atoms with E-state index in [1.165, 1.54) is 11.3 Å². The topological polar surface area (TPSA) is 35.5 Å². The summed E-state index contributed by atoms with van der Waals surface area (Å²) in [4.78, 5) is 2.37. The van der Waals surface area contributed by atoms with Gasteiger partial charge in [-0.25, -0.2) is 0 Å². The number of benzene rings is 1. The van der Waals surface area contributed by atoms with Crippen molar-refractivity contribution in [3.63, 3.8) is 0 Å². The average molecular weight is 248 g/mol. The van der Waals surface area contributed by atoms with Gasteiger partial charge in [0.25, 0.3) is 0 Å². The van der Waals surface area contributed by atoms with Gasteiger partial charge in [0.2, 0.25) is 0 Å². The Balaban J connectivity index is 2.27. The van der Waals surface area contributed by atoms with Crippen molar-refractivity contribution >= 4 is 5.69 Å². The highest BCUT2D eigenvalue weighted by Crippen LogP contribution is 2.24. The fraction of sp³-hybridized carbons (Fsp3) is 0.600. The SMILES string of the molecule is CCc1ccccc1N1CCC(C)NCC1CO. The van der Waals surface area contributed by atoms with Crippen LogP contribution in [0.5, 0.6) is 0 Å². The number of aliphatic hydroxyl groups is 1. The summed E-state index contributed by atoms with van der Waals surface area (Å²) in [7, 11) is 0. The summed E-state index contributed by atoms with van der Waals surface area (Å²) in [6.07, 6.45) is 2.16. The molecule has 0 saturated carbocycles. The van der Waals surface area contributed by atoms with Gasteiger partial charge in [-0.15, -0.1) is 0 Å². The first-order valence-electron chi connectivity index (χ1n) is 6.95. The second-order valence-electron chi connectivity index (χ2n) is 5.11. The number of anilines is 1. The summed E-state index contributed by atoms with van der Waals surface area (Å²) in [6.45, 7) is 6.47. The standard InChI is InChI=1S/C15H24N2O/c1-3-13-6-4-5-7-15(13)17-9-8-12(2)16-10-14(17)11-18/h4-7,12,14,16,18H,3,8-11H2,1-2H3. The molecule has 2 unspecified atom stereocenters. The van der Waals surface area contributed by atoms with Crippen molar-refractivity contribution < 1.29 is 5.11 Å². The Morgan fingerprint density at radius 2 is 2.17 bits per heavy atom. The van der Waals surface area contributed by atoms with Crippen molar-refractivity contribution in [3.05, 3.63) is 29.8 Å². The van der Waals surface area contributed by atoms with Crippen LogP contribution < -0.4 is 10.2 Å². The number of aliphatic hydroxyl groups excluding tert-OH is 1. The fourth-order valence-electron chi connectivity index (χ4n) is 2.64. The van der Waals surface area contributed by atoms with Crippen LogP contribution in [0, 0.1) is 0 Å². The van der Waals surface area contributed by atoms with Crippen molar-refractivity contribution in [2.75, 3.05) is 24.6 Å². The van der Waals surface area contributed by atoms with Crippen LogP contribution in [0.25, 0.3) is 0 Å². The minimum atomic E-state index is 0.183. The molecule has 1 aliphatic rings. The Bertz CT molecular complexity index is 381. The molecule has 100 valence electrons. The predicted octanol–water partition coefficient (Wildman–Crippen LogP) is 1.80. The van der Waals surface area contributed by atoms with E-state index in [1.54, 1.807) is 0 Å². The maximum absolute atomic E-state index is 9.62. The maximum Gasteiger partial charge on any atom is 0.0647 e. The first-order valence-corrected chi connectivity index (χ1v) is 6.95. The zero-order valence-corrected chi connectivity index (χ0v) is 11.4. The quantitative estimate of drug-likeness (QED) is 0.856. The Morgan fingerprint density at radius 3 is 2.89 bits per heavy atom. The van der Waals surface area contributed by atoms with Crippen LogP contribution >= 0.6 is 0 Å². The lowest BCUT2D eigenvalue weighted by Gasteiger charge is -2.32. The molecule has 1 saturated heterocycles. The summed E-state index contributed by atoms with van der Waals surface area (Å²) >= 11 is 0. The second kappa shape index (κ2) is 6.21. The third kappa shape index (κ3) is 2.85. The summed E-state index contributed by atoms with van der Waals surface area (Å²) in [5, 5.41) is 13.1. The molecule has 1 aliphatic heterocycles. The third-order valence-corrected chi connectivity index (χ3v) is 3.84. The van der Waals surface area contributed by atoms with Gasteiger partial charge in [-0.05, 0) is 31.4 Å². The van der Waals surface area contributed by atoms with Gasteiger partial charge in [0.05, 0.1) is 12.6 Å². The van der Waals surface area contributed by atoms with Gasteiger partial charge in [-0.2, -0.15) is 0 Å². The summed E-state index contributed by atoms with van der Waals surface area (Å²) < 4.78 is 0. The molecule has 1 heterocycles. The predicted molar refractivity (Wildman–Crippen MR) is 76.1 cm³/mol. The minimum absolute atomic E-state index is 0.183. The molecule has 1 aromatic carbocycles. The van der Waals surface area contributed by atoms with E-state index in [1.807, 2.05) is 0 Å². The highest BCUT2D eigenvalue weighted by molar-refractivity contribution is 5.54. The smallest absolute Gasteiger partial charge is 0.0647 e. The Morgan fingerprint density at radius 1 is 1.39 bits per heavy atom. The molecule has 3 nitrogen and oxygen atoms in total. The molecule has 3 heteroatoms. The third-order valence-electron chi connectivity index (χ3n) is 3.84. The van der Waals surface area contributed by atoms with Gasteiger partial charge in [0, 0.05) is 24.8 Å². The Labute approximate surface area is 110 Å². The van der Waals surface area contributed by atoms with E-state index >= 15 is 0 Å². The van der Waals surface area contributed by atoms with E-state index < -0.39 is 0 Å². The van der Waals surface area contributed by atoms with Crippen molar-refractivity contribution in [2.45, 2.75) is 38.8 Å². The molecule has 2 N–H and O–H groups in total. The van der Waals surface area contributed by atoms with Gasteiger partial charge in [0.15, 0.2) is 0 Å². The van der Waals surface area contributed by atoms with Gasteiger partial charge < -0.3 is 15.3 Å². The van der Waals surface area contributed by atoms with Crippen LogP contribution in [0.3, 0.4) is 0 Å². The van der Waals surface area contributed by atoms with Crippen molar-refractivity contribution in [1.29, 1.82) is 0 Å². The molecule has 0 aliphatic carbocycles. The molecular formula is C15H24N2O.